The molecular weight excluding hydrogens is 364 g/mol. The first-order valence-corrected chi connectivity index (χ1v) is 10.4. The molecule has 1 amide bonds. The number of pyridine rings is 1. The van der Waals surface area contributed by atoms with Crippen LogP contribution in [0.4, 0.5) is 5.69 Å². The lowest BCUT2D eigenvalue weighted by atomic mass is 9.82. The second-order valence-electron chi connectivity index (χ2n) is 8.49. The number of rotatable bonds is 2. The molecule has 1 aliphatic carbocycles. The van der Waals surface area contributed by atoms with Gasteiger partial charge in [-0.1, -0.05) is 0 Å². The highest BCUT2D eigenvalue weighted by atomic mass is 16.2. The van der Waals surface area contributed by atoms with E-state index >= 15 is 0 Å². The van der Waals surface area contributed by atoms with Gasteiger partial charge in [0.2, 0.25) is 0 Å². The van der Waals surface area contributed by atoms with Crippen LogP contribution in [-0.2, 0) is 12.6 Å². The van der Waals surface area contributed by atoms with Crippen molar-refractivity contribution in [3.05, 3.63) is 59.8 Å². The van der Waals surface area contributed by atoms with E-state index in [1.807, 2.05) is 30.3 Å². The molecule has 2 fully saturated rings. The first-order chi connectivity index (χ1) is 14.1. The van der Waals surface area contributed by atoms with Gasteiger partial charge < -0.3 is 14.8 Å². The van der Waals surface area contributed by atoms with Crippen LogP contribution in [0.2, 0.25) is 0 Å². The summed E-state index contributed by atoms with van der Waals surface area (Å²) in [5.74, 6) is 1.59. The minimum Gasteiger partial charge on any atom is -0.371 e. The number of likely N-dealkylation sites (tertiary alicyclic amines) is 1. The zero-order chi connectivity index (χ0) is 19.6. The molecule has 0 atom stereocenters. The van der Waals surface area contributed by atoms with Crippen molar-refractivity contribution in [3.8, 4) is 5.82 Å². The number of hydrogen-bond donors (Lipinski definition) is 1. The number of fused-ring (bicyclic) bond motifs is 4. The van der Waals surface area contributed by atoms with E-state index in [1.165, 1.54) is 18.5 Å². The summed E-state index contributed by atoms with van der Waals surface area (Å²) in [6, 6.07) is 10.3. The molecule has 1 N–H and O–H groups in total. The van der Waals surface area contributed by atoms with Crippen molar-refractivity contribution < 1.29 is 4.79 Å². The SMILES string of the molecule is Cn1nc(C2CC2)cc1C(=O)N1CCC2(CC1)Nc1cccnc1-n1cccc12. The summed E-state index contributed by atoms with van der Waals surface area (Å²) in [7, 11) is 1.88. The molecule has 1 spiro atoms. The molecule has 0 radical (unpaired) electrons. The van der Waals surface area contributed by atoms with Gasteiger partial charge in [-0.15, -0.1) is 0 Å². The minimum absolute atomic E-state index is 0.0926. The first kappa shape index (κ1) is 16.8. The highest BCUT2D eigenvalue weighted by Gasteiger charge is 2.43. The molecule has 1 saturated heterocycles. The van der Waals surface area contributed by atoms with Crippen LogP contribution >= 0.6 is 0 Å². The van der Waals surface area contributed by atoms with Gasteiger partial charge >= 0.3 is 0 Å². The van der Waals surface area contributed by atoms with Gasteiger partial charge in [0, 0.05) is 44.1 Å². The van der Waals surface area contributed by atoms with Gasteiger partial charge in [0.15, 0.2) is 5.82 Å². The third kappa shape index (κ3) is 2.53. The predicted octanol–water partition coefficient (Wildman–Crippen LogP) is 3.04. The summed E-state index contributed by atoms with van der Waals surface area (Å²) in [4.78, 5) is 19.7. The van der Waals surface area contributed by atoms with E-state index in [-0.39, 0.29) is 11.4 Å². The molecule has 6 rings (SSSR count). The number of carbonyl (C=O) groups is 1. The number of aryl methyl sites for hydroxylation is 1. The molecule has 7 nitrogen and oxygen atoms in total. The maximum Gasteiger partial charge on any atom is 0.272 e. The van der Waals surface area contributed by atoms with E-state index in [1.54, 1.807) is 4.68 Å². The Morgan fingerprint density at radius 2 is 2.03 bits per heavy atom. The molecule has 5 heterocycles. The summed E-state index contributed by atoms with van der Waals surface area (Å²) >= 11 is 0. The minimum atomic E-state index is -0.165. The molecule has 3 aromatic heterocycles. The molecule has 29 heavy (non-hydrogen) atoms. The van der Waals surface area contributed by atoms with Crippen molar-refractivity contribution in [2.75, 3.05) is 18.4 Å². The van der Waals surface area contributed by atoms with Gasteiger partial charge in [-0.05, 0) is 56.0 Å². The van der Waals surface area contributed by atoms with Crippen LogP contribution in [0.3, 0.4) is 0 Å². The Labute approximate surface area is 169 Å². The molecule has 7 heteroatoms. The fourth-order valence-corrected chi connectivity index (χ4v) is 4.87. The summed E-state index contributed by atoms with van der Waals surface area (Å²) < 4.78 is 3.94. The number of carbonyl (C=O) groups excluding carboxylic acids is 1. The maximum atomic E-state index is 13.2. The largest absolute Gasteiger partial charge is 0.371 e. The van der Waals surface area contributed by atoms with Crippen LogP contribution in [0.25, 0.3) is 5.82 Å². The number of hydrogen-bond acceptors (Lipinski definition) is 4. The van der Waals surface area contributed by atoms with Crippen LogP contribution in [0.1, 0.15) is 53.5 Å². The molecule has 148 valence electrons. The molecular formula is C22H24N6O. The Kier molecular flexibility index (Phi) is 3.45. The number of amides is 1. The number of nitrogens with one attached hydrogen (secondary N) is 1. The average molecular weight is 388 g/mol. The van der Waals surface area contributed by atoms with E-state index < -0.39 is 0 Å². The summed E-state index contributed by atoms with van der Waals surface area (Å²) in [6.07, 6.45) is 8.02. The molecule has 1 saturated carbocycles. The fraction of sp³-hybridized carbons (Fsp3) is 0.409. The lowest BCUT2D eigenvalue weighted by Crippen LogP contribution is -2.51. The zero-order valence-electron chi connectivity index (χ0n) is 16.5. The van der Waals surface area contributed by atoms with Gasteiger partial charge in [0.05, 0.1) is 16.9 Å². The average Bonchev–Trinajstić information content (AvgIpc) is 3.32. The lowest BCUT2D eigenvalue weighted by Gasteiger charge is -2.45. The van der Waals surface area contributed by atoms with Crippen LogP contribution in [0.5, 0.6) is 0 Å². The lowest BCUT2D eigenvalue weighted by molar-refractivity contribution is 0.0665. The van der Waals surface area contributed by atoms with Crippen molar-refractivity contribution in [3.63, 3.8) is 0 Å². The quantitative estimate of drug-likeness (QED) is 0.733. The van der Waals surface area contributed by atoms with Crippen LogP contribution in [0, 0.1) is 0 Å². The van der Waals surface area contributed by atoms with Crippen molar-refractivity contribution in [2.45, 2.75) is 37.1 Å². The highest BCUT2D eigenvalue weighted by molar-refractivity contribution is 5.93. The predicted molar refractivity (Wildman–Crippen MR) is 109 cm³/mol. The zero-order valence-corrected chi connectivity index (χ0v) is 16.5. The van der Waals surface area contributed by atoms with Crippen LogP contribution in [-0.4, -0.2) is 43.2 Å². The van der Waals surface area contributed by atoms with Crippen molar-refractivity contribution in [1.29, 1.82) is 0 Å². The van der Waals surface area contributed by atoms with Crippen molar-refractivity contribution in [1.82, 2.24) is 24.2 Å². The van der Waals surface area contributed by atoms with Gasteiger partial charge in [-0.2, -0.15) is 5.10 Å². The fourth-order valence-electron chi connectivity index (χ4n) is 4.87. The molecule has 0 unspecified atom stereocenters. The standard InChI is InChI=1S/C22H24N6O/c1-26-18(14-17(25-26)15-6-7-15)21(29)27-12-8-22(9-13-27)19-5-3-11-28(19)20-16(24-22)4-2-10-23-20/h2-5,10-11,14-15,24H,6-9,12-13H2,1H3. The second kappa shape index (κ2) is 5.95. The third-order valence-corrected chi connectivity index (χ3v) is 6.65. The maximum absolute atomic E-state index is 13.2. The molecule has 0 bridgehead atoms. The number of piperidine rings is 1. The van der Waals surface area contributed by atoms with E-state index in [2.05, 4.69) is 44.4 Å². The van der Waals surface area contributed by atoms with Crippen LogP contribution < -0.4 is 5.32 Å². The third-order valence-electron chi connectivity index (χ3n) is 6.65. The number of aromatic nitrogens is 4. The smallest absolute Gasteiger partial charge is 0.272 e. The Balaban J connectivity index is 1.25. The Bertz CT molecular complexity index is 1100. The summed E-state index contributed by atoms with van der Waals surface area (Å²) in [6.45, 7) is 1.44. The van der Waals surface area contributed by atoms with E-state index in [9.17, 15) is 4.79 Å². The summed E-state index contributed by atoms with van der Waals surface area (Å²) in [5, 5.41) is 8.32. The number of anilines is 1. The van der Waals surface area contributed by atoms with Gasteiger partial charge in [-0.3, -0.25) is 9.48 Å². The normalized spacial score (nSPS) is 19.6. The first-order valence-electron chi connectivity index (χ1n) is 10.4. The topological polar surface area (TPSA) is 68.0 Å². The Hall–Kier alpha value is -3.09. The Morgan fingerprint density at radius 3 is 2.83 bits per heavy atom. The van der Waals surface area contributed by atoms with Gasteiger partial charge in [0.25, 0.3) is 5.91 Å². The van der Waals surface area contributed by atoms with Crippen LogP contribution in [0.15, 0.2) is 42.7 Å². The van der Waals surface area contributed by atoms with E-state index in [0.717, 1.165) is 43.1 Å². The number of nitrogens with zero attached hydrogens (tertiary/aromatic N) is 5. The van der Waals surface area contributed by atoms with E-state index in [0.29, 0.717) is 11.6 Å². The van der Waals surface area contributed by atoms with Gasteiger partial charge in [0.1, 0.15) is 5.69 Å². The summed E-state index contributed by atoms with van der Waals surface area (Å²) in [5.41, 5.74) is 3.89. The van der Waals surface area contributed by atoms with Crippen molar-refractivity contribution in [2.24, 2.45) is 7.05 Å². The Morgan fingerprint density at radius 1 is 1.21 bits per heavy atom. The van der Waals surface area contributed by atoms with Crippen molar-refractivity contribution >= 4 is 11.6 Å². The highest BCUT2D eigenvalue weighted by Crippen LogP contribution is 2.43. The molecule has 2 aliphatic heterocycles. The molecule has 0 aromatic carbocycles. The second-order valence-corrected chi connectivity index (χ2v) is 8.49. The van der Waals surface area contributed by atoms with Gasteiger partial charge in [-0.25, -0.2) is 4.98 Å². The molecule has 3 aliphatic rings. The monoisotopic (exact) mass is 388 g/mol. The molecule has 3 aromatic rings. The van der Waals surface area contributed by atoms with E-state index in [4.69, 9.17) is 0 Å².